The van der Waals surface area contributed by atoms with Crippen LogP contribution in [0.4, 0.5) is 0 Å². The molecule has 2 amide bonds. The van der Waals surface area contributed by atoms with E-state index in [2.05, 4.69) is 10.2 Å². The van der Waals surface area contributed by atoms with Crippen molar-refractivity contribution in [3.8, 4) is 5.75 Å². The third-order valence-corrected chi connectivity index (χ3v) is 4.33. The number of hydrogen-bond acceptors (Lipinski definition) is 4. The van der Waals surface area contributed by atoms with Gasteiger partial charge < -0.3 is 20.7 Å². The molecule has 1 aromatic rings. The van der Waals surface area contributed by atoms with Crippen LogP contribution in [0.25, 0.3) is 0 Å². The van der Waals surface area contributed by atoms with E-state index in [1.165, 1.54) is 0 Å². The van der Waals surface area contributed by atoms with Crippen LogP contribution in [0.3, 0.4) is 0 Å². The van der Waals surface area contributed by atoms with Crippen LogP contribution in [0.1, 0.15) is 25.7 Å². The number of unbranched alkanes of at least 4 members (excludes halogenated alkanes) is 1. The molecule has 1 aromatic carbocycles. The molecule has 0 aliphatic carbocycles. The molecule has 0 bridgehead atoms. The molecule has 0 aromatic heterocycles. The number of benzene rings is 1. The molecular weight excluding hydrogens is 306 g/mol. The average molecular weight is 333 g/mol. The molecule has 0 radical (unpaired) electrons. The van der Waals surface area contributed by atoms with Gasteiger partial charge in [0.05, 0.1) is 0 Å². The quantitative estimate of drug-likeness (QED) is 0.664. The predicted molar refractivity (Wildman–Crippen MR) is 92.5 cm³/mol. The van der Waals surface area contributed by atoms with E-state index >= 15 is 0 Å². The van der Waals surface area contributed by atoms with Crippen molar-refractivity contribution >= 4 is 11.8 Å². The second kappa shape index (κ2) is 9.93. The Balaban J connectivity index is 1.48. The molecule has 132 valence electrons. The summed E-state index contributed by atoms with van der Waals surface area (Å²) >= 11 is 0. The SMILES string of the molecule is NC(=O)C1CCN(CCCCNC(=O)COc2ccccc2)CC1. The summed E-state index contributed by atoms with van der Waals surface area (Å²) < 4.78 is 5.39. The summed E-state index contributed by atoms with van der Waals surface area (Å²) in [5.41, 5.74) is 5.33. The zero-order valence-electron chi connectivity index (χ0n) is 14.1. The highest BCUT2D eigenvalue weighted by atomic mass is 16.5. The Morgan fingerprint density at radius 2 is 1.88 bits per heavy atom. The molecule has 6 nitrogen and oxygen atoms in total. The van der Waals surface area contributed by atoms with E-state index in [4.69, 9.17) is 10.5 Å². The molecule has 0 spiro atoms. The van der Waals surface area contributed by atoms with E-state index in [1.54, 1.807) is 0 Å². The van der Waals surface area contributed by atoms with Gasteiger partial charge in [-0.15, -0.1) is 0 Å². The molecule has 0 unspecified atom stereocenters. The lowest BCUT2D eigenvalue weighted by Gasteiger charge is -2.30. The first kappa shape index (κ1) is 18.3. The van der Waals surface area contributed by atoms with Gasteiger partial charge in [-0.25, -0.2) is 0 Å². The van der Waals surface area contributed by atoms with Crippen LogP contribution in [0.15, 0.2) is 30.3 Å². The lowest BCUT2D eigenvalue weighted by molar-refractivity contribution is -0.123. The fourth-order valence-corrected chi connectivity index (χ4v) is 2.85. The number of ether oxygens (including phenoxy) is 1. The average Bonchev–Trinajstić information content (AvgIpc) is 2.61. The number of nitrogens with two attached hydrogens (primary N) is 1. The Labute approximate surface area is 143 Å². The monoisotopic (exact) mass is 333 g/mol. The van der Waals surface area contributed by atoms with Crippen molar-refractivity contribution in [1.82, 2.24) is 10.2 Å². The minimum absolute atomic E-state index is 0.0463. The van der Waals surface area contributed by atoms with Gasteiger partial charge in [0.1, 0.15) is 5.75 Å². The lowest BCUT2D eigenvalue weighted by Crippen LogP contribution is -2.39. The number of rotatable bonds is 9. The molecule has 0 saturated carbocycles. The molecule has 24 heavy (non-hydrogen) atoms. The summed E-state index contributed by atoms with van der Waals surface area (Å²) in [5.74, 6) is 0.480. The van der Waals surface area contributed by atoms with Crippen molar-refractivity contribution in [3.63, 3.8) is 0 Å². The van der Waals surface area contributed by atoms with Crippen molar-refractivity contribution in [1.29, 1.82) is 0 Å². The van der Waals surface area contributed by atoms with E-state index in [1.807, 2.05) is 30.3 Å². The number of para-hydroxylation sites is 1. The Hall–Kier alpha value is -2.08. The predicted octanol–water partition coefficient (Wildman–Crippen LogP) is 1.16. The van der Waals surface area contributed by atoms with Crippen LogP contribution in [0.2, 0.25) is 0 Å². The standard InChI is InChI=1S/C18H27N3O3/c19-18(23)15-8-12-21(13-9-15)11-5-4-10-20-17(22)14-24-16-6-2-1-3-7-16/h1-3,6-7,15H,4-5,8-14H2,(H2,19,23)(H,20,22). The van der Waals surface area contributed by atoms with Crippen molar-refractivity contribution < 1.29 is 14.3 Å². The van der Waals surface area contributed by atoms with Gasteiger partial charge in [0, 0.05) is 12.5 Å². The van der Waals surface area contributed by atoms with Crippen molar-refractivity contribution in [2.24, 2.45) is 11.7 Å². The summed E-state index contributed by atoms with van der Waals surface area (Å²) in [6, 6.07) is 9.31. The van der Waals surface area contributed by atoms with Gasteiger partial charge in [0.15, 0.2) is 6.61 Å². The number of nitrogens with zero attached hydrogens (tertiary/aromatic N) is 1. The van der Waals surface area contributed by atoms with Crippen LogP contribution >= 0.6 is 0 Å². The molecule has 1 saturated heterocycles. The Morgan fingerprint density at radius 3 is 2.54 bits per heavy atom. The number of carbonyl (C=O) groups is 2. The Kier molecular flexibility index (Phi) is 7.55. The second-order valence-electron chi connectivity index (χ2n) is 6.18. The zero-order chi connectivity index (χ0) is 17.2. The van der Waals surface area contributed by atoms with Crippen LogP contribution in [-0.4, -0.2) is 49.5 Å². The third kappa shape index (κ3) is 6.58. The molecule has 1 aliphatic rings. The minimum Gasteiger partial charge on any atom is -0.484 e. The highest BCUT2D eigenvalue weighted by Gasteiger charge is 2.22. The second-order valence-corrected chi connectivity index (χ2v) is 6.18. The van der Waals surface area contributed by atoms with Crippen LogP contribution in [-0.2, 0) is 9.59 Å². The van der Waals surface area contributed by atoms with E-state index < -0.39 is 0 Å². The maximum absolute atomic E-state index is 11.7. The van der Waals surface area contributed by atoms with E-state index in [0.29, 0.717) is 12.3 Å². The summed E-state index contributed by atoms with van der Waals surface area (Å²) in [4.78, 5) is 25.2. The van der Waals surface area contributed by atoms with Gasteiger partial charge in [0.2, 0.25) is 5.91 Å². The van der Waals surface area contributed by atoms with Gasteiger partial charge in [0.25, 0.3) is 5.91 Å². The molecule has 1 heterocycles. The normalized spacial score (nSPS) is 15.8. The fraction of sp³-hybridized carbons (Fsp3) is 0.556. The number of piperidine rings is 1. The molecule has 1 aliphatic heterocycles. The van der Waals surface area contributed by atoms with Gasteiger partial charge in [-0.05, 0) is 57.5 Å². The maximum atomic E-state index is 11.7. The van der Waals surface area contributed by atoms with Gasteiger partial charge in [-0.2, -0.15) is 0 Å². The maximum Gasteiger partial charge on any atom is 0.257 e. The highest BCUT2D eigenvalue weighted by Crippen LogP contribution is 2.16. The van der Waals surface area contributed by atoms with Crippen molar-refractivity contribution in [2.75, 3.05) is 32.8 Å². The van der Waals surface area contributed by atoms with E-state index in [9.17, 15) is 9.59 Å². The van der Waals surface area contributed by atoms with Gasteiger partial charge >= 0.3 is 0 Å². The summed E-state index contributed by atoms with van der Waals surface area (Å²) in [7, 11) is 0. The molecule has 3 N–H and O–H groups in total. The zero-order valence-corrected chi connectivity index (χ0v) is 14.1. The summed E-state index contributed by atoms with van der Waals surface area (Å²) in [5, 5.41) is 2.87. The van der Waals surface area contributed by atoms with Crippen molar-refractivity contribution in [3.05, 3.63) is 30.3 Å². The molecule has 2 rings (SSSR count). The first-order valence-corrected chi connectivity index (χ1v) is 8.61. The van der Waals surface area contributed by atoms with Gasteiger partial charge in [-0.3, -0.25) is 9.59 Å². The Morgan fingerprint density at radius 1 is 1.17 bits per heavy atom. The number of carbonyl (C=O) groups excluding carboxylic acids is 2. The Bertz CT molecular complexity index is 514. The number of hydrogen-bond donors (Lipinski definition) is 2. The van der Waals surface area contributed by atoms with Crippen LogP contribution in [0, 0.1) is 5.92 Å². The first-order chi connectivity index (χ1) is 11.6. The van der Waals surface area contributed by atoms with Crippen LogP contribution in [0.5, 0.6) is 5.75 Å². The summed E-state index contributed by atoms with van der Waals surface area (Å²) in [6.45, 7) is 3.58. The largest absolute Gasteiger partial charge is 0.484 e. The smallest absolute Gasteiger partial charge is 0.257 e. The molecule has 0 atom stereocenters. The number of amides is 2. The molecular formula is C18H27N3O3. The van der Waals surface area contributed by atoms with E-state index in [0.717, 1.165) is 45.3 Å². The van der Waals surface area contributed by atoms with Gasteiger partial charge in [-0.1, -0.05) is 18.2 Å². The summed E-state index contributed by atoms with van der Waals surface area (Å²) in [6.07, 6.45) is 3.69. The first-order valence-electron chi connectivity index (χ1n) is 8.61. The highest BCUT2D eigenvalue weighted by molar-refractivity contribution is 5.77. The number of primary amides is 1. The van der Waals surface area contributed by atoms with E-state index in [-0.39, 0.29) is 24.3 Å². The number of likely N-dealkylation sites (tertiary alicyclic amines) is 1. The minimum atomic E-state index is -0.171. The van der Waals surface area contributed by atoms with Crippen molar-refractivity contribution in [2.45, 2.75) is 25.7 Å². The molecule has 6 heteroatoms. The topological polar surface area (TPSA) is 84.7 Å². The third-order valence-electron chi connectivity index (χ3n) is 4.33. The lowest BCUT2D eigenvalue weighted by atomic mass is 9.96. The number of nitrogens with one attached hydrogen (secondary N) is 1. The molecule has 1 fully saturated rings. The fourth-order valence-electron chi connectivity index (χ4n) is 2.85. The van der Waals surface area contributed by atoms with Crippen LogP contribution < -0.4 is 15.8 Å².